The highest BCUT2D eigenvalue weighted by molar-refractivity contribution is 5.18. The number of aromatic amines is 1. The molecule has 0 amide bonds. The first-order valence-electron chi connectivity index (χ1n) is 6.57. The molecule has 1 fully saturated rings. The first-order chi connectivity index (χ1) is 8.92. The molecule has 0 radical (unpaired) electrons. The zero-order valence-electron chi connectivity index (χ0n) is 10.4. The molecular formula is C14H18N4. The number of rotatable bonds is 3. The molecule has 0 aliphatic carbocycles. The number of nitrogens with zero attached hydrogens (tertiary/aromatic N) is 2. The van der Waals surface area contributed by atoms with Gasteiger partial charge in [-0.15, -0.1) is 0 Å². The van der Waals surface area contributed by atoms with Gasteiger partial charge in [-0.2, -0.15) is 5.10 Å². The van der Waals surface area contributed by atoms with Crippen LogP contribution in [0.3, 0.4) is 0 Å². The van der Waals surface area contributed by atoms with Crippen LogP contribution in [0, 0.1) is 0 Å². The van der Waals surface area contributed by atoms with Crippen LogP contribution < -0.4 is 5.32 Å². The van der Waals surface area contributed by atoms with E-state index in [-0.39, 0.29) is 0 Å². The van der Waals surface area contributed by atoms with Crippen LogP contribution in [0.5, 0.6) is 0 Å². The molecule has 0 saturated carbocycles. The Kier molecular flexibility index (Phi) is 3.37. The van der Waals surface area contributed by atoms with E-state index in [0.29, 0.717) is 5.92 Å². The second-order valence-corrected chi connectivity index (χ2v) is 4.85. The summed E-state index contributed by atoms with van der Waals surface area (Å²) in [4.78, 5) is 4.62. The second-order valence-electron chi connectivity index (χ2n) is 4.85. The Labute approximate surface area is 107 Å². The van der Waals surface area contributed by atoms with Crippen LogP contribution in [0.1, 0.15) is 36.0 Å². The summed E-state index contributed by atoms with van der Waals surface area (Å²) in [5, 5.41) is 10.8. The molecule has 2 N–H and O–H groups in total. The number of hydrogen-bond donors (Lipinski definition) is 2. The van der Waals surface area contributed by atoms with E-state index in [4.69, 9.17) is 0 Å². The number of H-pyrrole nitrogens is 1. The molecule has 4 nitrogen and oxygen atoms in total. The fraction of sp³-hybridized carbons (Fsp3) is 0.429. The van der Waals surface area contributed by atoms with E-state index in [1.165, 1.54) is 18.4 Å². The summed E-state index contributed by atoms with van der Waals surface area (Å²) < 4.78 is 0. The molecule has 1 aromatic carbocycles. The van der Waals surface area contributed by atoms with Gasteiger partial charge in [-0.05, 0) is 24.9 Å². The Morgan fingerprint density at radius 3 is 2.89 bits per heavy atom. The average molecular weight is 242 g/mol. The molecule has 2 aromatic rings. The molecule has 0 bridgehead atoms. The molecule has 2 heterocycles. The maximum absolute atomic E-state index is 4.62. The Morgan fingerprint density at radius 2 is 2.11 bits per heavy atom. The second kappa shape index (κ2) is 5.31. The molecule has 1 atom stereocenters. The summed E-state index contributed by atoms with van der Waals surface area (Å²) in [7, 11) is 0. The molecule has 1 aliphatic heterocycles. The fourth-order valence-electron chi connectivity index (χ4n) is 2.43. The van der Waals surface area contributed by atoms with Crippen molar-refractivity contribution < 1.29 is 0 Å². The third-order valence-electron chi connectivity index (χ3n) is 3.43. The Morgan fingerprint density at radius 1 is 1.22 bits per heavy atom. The fourth-order valence-corrected chi connectivity index (χ4v) is 2.43. The van der Waals surface area contributed by atoms with Gasteiger partial charge in [-0.3, -0.25) is 5.10 Å². The van der Waals surface area contributed by atoms with Crippen LogP contribution >= 0.6 is 0 Å². The number of piperidine rings is 1. The van der Waals surface area contributed by atoms with Gasteiger partial charge in [0.05, 0.1) is 0 Å². The first kappa shape index (κ1) is 11.4. The minimum Gasteiger partial charge on any atom is -0.316 e. The topological polar surface area (TPSA) is 53.6 Å². The summed E-state index contributed by atoms with van der Waals surface area (Å²) in [5.41, 5.74) is 1.27. The van der Waals surface area contributed by atoms with E-state index < -0.39 is 0 Å². The van der Waals surface area contributed by atoms with Crippen molar-refractivity contribution in [2.75, 3.05) is 13.1 Å². The maximum atomic E-state index is 4.62. The van der Waals surface area contributed by atoms with Gasteiger partial charge in [0, 0.05) is 18.9 Å². The average Bonchev–Trinajstić information content (AvgIpc) is 2.89. The number of nitrogens with one attached hydrogen (secondary N) is 2. The lowest BCUT2D eigenvalue weighted by molar-refractivity contribution is 0.447. The summed E-state index contributed by atoms with van der Waals surface area (Å²) >= 11 is 0. The zero-order chi connectivity index (χ0) is 12.2. The highest BCUT2D eigenvalue weighted by Gasteiger charge is 2.19. The van der Waals surface area contributed by atoms with E-state index in [1.807, 2.05) is 6.07 Å². The largest absolute Gasteiger partial charge is 0.316 e. The van der Waals surface area contributed by atoms with Gasteiger partial charge >= 0.3 is 0 Å². The van der Waals surface area contributed by atoms with Crippen molar-refractivity contribution >= 4 is 0 Å². The van der Waals surface area contributed by atoms with Crippen molar-refractivity contribution in [1.29, 1.82) is 0 Å². The van der Waals surface area contributed by atoms with Crippen LogP contribution in [-0.4, -0.2) is 28.3 Å². The van der Waals surface area contributed by atoms with E-state index >= 15 is 0 Å². The van der Waals surface area contributed by atoms with Crippen LogP contribution in [0.15, 0.2) is 30.3 Å². The molecular weight excluding hydrogens is 224 g/mol. The molecule has 1 unspecified atom stereocenters. The summed E-state index contributed by atoms with van der Waals surface area (Å²) in [5.74, 6) is 2.40. The lowest BCUT2D eigenvalue weighted by Gasteiger charge is -2.19. The lowest BCUT2D eigenvalue weighted by atomic mass is 9.99. The molecule has 18 heavy (non-hydrogen) atoms. The van der Waals surface area contributed by atoms with Crippen molar-refractivity contribution in [3.05, 3.63) is 47.5 Å². The molecule has 1 aromatic heterocycles. The number of benzene rings is 1. The molecule has 94 valence electrons. The molecule has 3 rings (SSSR count). The molecule has 0 spiro atoms. The van der Waals surface area contributed by atoms with Gasteiger partial charge in [-0.1, -0.05) is 30.3 Å². The van der Waals surface area contributed by atoms with Crippen molar-refractivity contribution in [2.24, 2.45) is 0 Å². The number of aromatic nitrogens is 3. The van der Waals surface area contributed by atoms with Crippen LogP contribution in [0.4, 0.5) is 0 Å². The van der Waals surface area contributed by atoms with E-state index in [0.717, 1.165) is 31.2 Å². The van der Waals surface area contributed by atoms with Gasteiger partial charge in [0.15, 0.2) is 5.82 Å². The van der Waals surface area contributed by atoms with Crippen molar-refractivity contribution in [3.63, 3.8) is 0 Å². The summed E-state index contributed by atoms with van der Waals surface area (Å²) in [6.07, 6.45) is 3.23. The lowest BCUT2D eigenvalue weighted by Crippen LogP contribution is -2.28. The third kappa shape index (κ3) is 2.59. The predicted octanol–water partition coefficient (Wildman–Crippen LogP) is 1.86. The van der Waals surface area contributed by atoms with Gasteiger partial charge < -0.3 is 5.32 Å². The monoisotopic (exact) mass is 242 g/mol. The van der Waals surface area contributed by atoms with Gasteiger partial charge in [-0.25, -0.2) is 4.98 Å². The predicted molar refractivity (Wildman–Crippen MR) is 70.5 cm³/mol. The van der Waals surface area contributed by atoms with Crippen molar-refractivity contribution in [3.8, 4) is 0 Å². The van der Waals surface area contributed by atoms with Crippen LogP contribution in [-0.2, 0) is 6.42 Å². The zero-order valence-corrected chi connectivity index (χ0v) is 10.4. The van der Waals surface area contributed by atoms with E-state index in [1.54, 1.807) is 0 Å². The van der Waals surface area contributed by atoms with E-state index in [9.17, 15) is 0 Å². The maximum Gasteiger partial charge on any atom is 0.155 e. The summed E-state index contributed by atoms with van der Waals surface area (Å²) in [6.45, 7) is 2.13. The molecule has 1 aliphatic rings. The minimum atomic E-state index is 0.472. The summed E-state index contributed by atoms with van der Waals surface area (Å²) in [6, 6.07) is 10.4. The number of hydrogen-bond acceptors (Lipinski definition) is 3. The Balaban J connectivity index is 1.69. The van der Waals surface area contributed by atoms with E-state index in [2.05, 4.69) is 44.8 Å². The first-order valence-corrected chi connectivity index (χ1v) is 6.57. The molecule has 1 saturated heterocycles. The standard InChI is InChI=1S/C14H18N4/c1-2-5-11(6-3-1)9-13-16-14(18-17-13)12-7-4-8-15-10-12/h1-3,5-6,12,15H,4,7-10H2,(H,16,17,18). The minimum absolute atomic E-state index is 0.472. The third-order valence-corrected chi connectivity index (χ3v) is 3.43. The highest BCUT2D eigenvalue weighted by atomic mass is 15.2. The molecule has 4 heteroatoms. The van der Waals surface area contributed by atoms with Crippen molar-refractivity contribution in [1.82, 2.24) is 20.5 Å². The van der Waals surface area contributed by atoms with Crippen LogP contribution in [0.25, 0.3) is 0 Å². The quantitative estimate of drug-likeness (QED) is 0.864. The van der Waals surface area contributed by atoms with Crippen LogP contribution in [0.2, 0.25) is 0 Å². The Bertz CT molecular complexity index is 486. The van der Waals surface area contributed by atoms with Gasteiger partial charge in [0.2, 0.25) is 0 Å². The SMILES string of the molecule is c1ccc(Cc2nc(C3CCCNC3)n[nH]2)cc1. The Hall–Kier alpha value is -1.68. The van der Waals surface area contributed by atoms with Gasteiger partial charge in [0.1, 0.15) is 5.82 Å². The normalized spacial score (nSPS) is 19.9. The highest BCUT2D eigenvalue weighted by Crippen LogP contribution is 2.20. The smallest absolute Gasteiger partial charge is 0.155 e. The van der Waals surface area contributed by atoms with Gasteiger partial charge in [0.25, 0.3) is 0 Å². The van der Waals surface area contributed by atoms with Crippen molar-refractivity contribution in [2.45, 2.75) is 25.2 Å².